The molecule has 136 valence electrons. The summed E-state index contributed by atoms with van der Waals surface area (Å²) in [6.07, 6.45) is 5.00. The molecule has 3 N–H and O–H groups in total. The van der Waals surface area contributed by atoms with Crippen LogP contribution in [-0.4, -0.2) is 28.3 Å². The van der Waals surface area contributed by atoms with Gasteiger partial charge in [-0.3, -0.25) is 19.7 Å². The Balaban J connectivity index is 2.17. The summed E-state index contributed by atoms with van der Waals surface area (Å²) in [5, 5.41) is 21.2. The zero-order chi connectivity index (χ0) is 18.4. The molecule has 1 fully saturated rings. The normalized spacial score (nSPS) is 14.9. The lowest BCUT2D eigenvalue weighted by Crippen LogP contribution is -2.32. The highest BCUT2D eigenvalue weighted by atomic mass is 16.6. The van der Waals surface area contributed by atoms with Gasteiger partial charge >= 0.3 is 5.97 Å². The molecule has 8 heteroatoms. The summed E-state index contributed by atoms with van der Waals surface area (Å²) < 4.78 is 0. The Labute approximate surface area is 145 Å². The number of carbonyl (C=O) groups is 2. The highest BCUT2D eigenvalue weighted by Gasteiger charge is 2.26. The number of hydrogen-bond acceptors (Lipinski definition) is 6. The van der Waals surface area contributed by atoms with Crippen molar-refractivity contribution in [2.24, 2.45) is 11.8 Å². The summed E-state index contributed by atoms with van der Waals surface area (Å²) in [6.45, 7) is 0.170. The fourth-order valence-corrected chi connectivity index (χ4v) is 3.19. The third-order valence-electron chi connectivity index (χ3n) is 4.53. The quantitative estimate of drug-likeness (QED) is 0.320. The van der Waals surface area contributed by atoms with Gasteiger partial charge in [-0.15, -0.1) is 0 Å². The Morgan fingerprint density at radius 2 is 1.96 bits per heavy atom. The first-order valence-corrected chi connectivity index (χ1v) is 8.47. The number of hydrazine groups is 1. The molecule has 2 rings (SSSR count). The van der Waals surface area contributed by atoms with Crippen LogP contribution in [0.15, 0.2) is 18.2 Å². The van der Waals surface area contributed by atoms with Gasteiger partial charge in [0.25, 0.3) is 5.69 Å². The number of carboxylic acids is 1. The van der Waals surface area contributed by atoms with E-state index in [2.05, 4.69) is 0 Å². The van der Waals surface area contributed by atoms with Gasteiger partial charge in [-0.2, -0.15) is 0 Å². The van der Waals surface area contributed by atoms with Crippen molar-refractivity contribution in [2.75, 3.05) is 11.6 Å². The lowest BCUT2D eigenvalue weighted by Gasteiger charge is -2.21. The van der Waals surface area contributed by atoms with Crippen molar-refractivity contribution >= 4 is 23.1 Å². The number of rotatable bonds is 8. The number of nitrogens with two attached hydrogens (primary N) is 1. The Hall–Kier alpha value is -2.48. The number of Topliss-reactive ketones (excluding diaryl/α,β-unsaturated/α-hetero) is 1. The maximum atomic E-state index is 12.6. The minimum Gasteiger partial charge on any atom is -0.481 e. The van der Waals surface area contributed by atoms with Crippen molar-refractivity contribution in [2.45, 2.75) is 44.9 Å². The third kappa shape index (κ3) is 4.99. The van der Waals surface area contributed by atoms with E-state index in [0.717, 1.165) is 37.1 Å². The van der Waals surface area contributed by atoms with E-state index in [-0.39, 0.29) is 42.5 Å². The number of hydrogen-bond donors (Lipinski definition) is 2. The van der Waals surface area contributed by atoms with Gasteiger partial charge in [0.1, 0.15) is 5.69 Å². The molecule has 1 aromatic rings. The van der Waals surface area contributed by atoms with E-state index < -0.39 is 10.9 Å². The summed E-state index contributed by atoms with van der Waals surface area (Å²) >= 11 is 0. The number of nitrogens with zero attached hydrogens (tertiary/aromatic N) is 2. The van der Waals surface area contributed by atoms with Crippen LogP contribution in [-0.2, 0) is 4.79 Å². The maximum Gasteiger partial charge on any atom is 0.303 e. The van der Waals surface area contributed by atoms with E-state index in [1.807, 2.05) is 0 Å². The number of nitro benzene ring substituents is 1. The molecule has 0 atom stereocenters. The van der Waals surface area contributed by atoms with Crippen LogP contribution in [0.5, 0.6) is 0 Å². The van der Waals surface area contributed by atoms with Crippen LogP contribution in [0.25, 0.3) is 0 Å². The zero-order valence-corrected chi connectivity index (χ0v) is 14.0. The van der Waals surface area contributed by atoms with E-state index >= 15 is 0 Å². The van der Waals surface area contributed by atoms with Gasteiger partial charge in [0.15, 0.2) is 5.78 Å². The van der Waals surface area contributed by atoms with Crippen LogP contribution < -0.4 is 10.9 Å². The molecule has 0 bridgehead atoms. The Bertz CT molecular complexity index is 656. The summed E-state index contributed by atoms with van der Waals surface area (Å²) in [7, 11) is 0. The number of carbonyl (C=O) groups excluding carboxylic acids is 1. The first-order chi connectivity index (χ1) is 11.9. The van der Waals surface area contributed by atoms with Crippen molar-refractivity contribution in [1.29, 1.82) is 0 Å². The van der Waals surface area contributed by atoms with Crippen LogP contribution in [0.3, 0.4) is 0 Å². The average molecular weight is 349 g/mol. The topological polar surface area (TPSA) is 127 Å². The number of aliphatic carboxylic acids is 1. The van der Waals surface area contributed by atoms with Crippen LogP contribution in [0.4, 0.5) is 11.4 Å². The predicted molar refractivity (Wildman–Crippen MR) is 92.4 cm³/mol. The van der Waals surface area contributed by atoms with Gasteiger partial charge < -0.3 is 10.1 Å². The predicted octanol–water partition coefficient (Wildman–Crippen LogP) is 2.90. The van der Waals surface area contributed by atoms with E-state index in [0.29, 0.717) is 5.56 Å². The van der Waals surface area contributed by atoms with Crippen molar-refractivity contribution in [3.8, 4) is 0 Å². The molecule has 1 aliphatic carbocycles. The molecular formula is C17H23N3O5. The molecule has 0 aliphatic heterocycles. The molecule has 0 amide bonds. The number of anilines is 1. The van der Waals surface area contributed by atoms with Crippen LogP contribution in [0.2, 0.25) is 0 Å². The molecule has 1 aromatic carbocycles. The van der Waals surface area contributed by atoms with Crippen molar-refractivity contribution < 1.29 is 19.6 Å². The number of carboxylic acid groups (broad SMARTS) is 1. The van der Waals surface area contributed by atoms with Crippen molar-refractivity contribution in [1.82, 2.24) is 0 Å². The van der Waals surface area contributed by atoms with Crippen molar-refractivity contribution in [3.63, 3.8) is 0 Å². The monoisotopic (exact) mass is 349 g/mol. The molecule has 0 saturated heterocycles. The fraction of sp³-hybridized carbons (Fsp3) is 0.529. The number of benzene rings is 1. The third-order valence-corrected chi connectivity index (χ3v) is 4.53. The Morgan fingerprint density at radius 1 is 1.28 bits per heavy atom. The summed E-state index contributed by atoms with van der Waals surface area (Å²) in [5.41, 5.74) is 0.274. The SMILES string of the molecule is NN(CCCC(=O)O)c1ccc(C(=O)C2CCCCC2)cc1[N+](=O)[O-]. The summed E-state index contributed by atoms with van der Waals surface area (Å²) in [5.74, 6) is 4.77. The molecule has 0 spiro atoms. The highest BCUT2D eigenvalue weighted by Crippen LogP contribution is 2.32. The largest absolute Gasteiger partial charge is 0.481 e. The molecule has 0 unspecified atom stereocenters. The van der Waals surface area contributed by atoms with Crippen molar-refractivity contribution in [3.05, 3.63) is 33.9 Å². The van der Waals surface area contributed by atoms with Gasteiger partial charge in [-0.05, 0) is 31.4 Å². The van der Waals surface area contributed by atoms with Crippen LogP contribution in [0.1, 0.15) is 55.3 Å². The fourth-order valence-electron chi connectivity index (χ4n) is 3.19. The number of ketones is 1. The lowest BCUT2D eigenvalue weighted by atomic mass is 9.84. The Kier molecular flexibility index (Phi) is 6.46. The molecule has 0 radical (unpaired) electrons. The average Bonchev–Trinajstić information content (AvgIpc) is 2.60. The lowest BCUT2D eigenvalue weighted by molar-refractivity contribution is -0.384. The van der Waals surface area contributed by atoms with Gasteiger partial charge in [0.05, 0.1) is 4.92 Å². The smallest absolute Gasteiger partial charge is 0.303 e. The Morgan fingerprint density at radius 3 is 2.56 bits per heavy atom. The first-order valence-electron chi connectivity index (χ1n) is 8.47. The standard InChI is InChI=1S/C17H23N3O5/c18-19(10-4-7-16(21)22)14-9-8-13(11-15(14)20(24)25)17(23)12-5-2-1-3-6-12/h8-9,11-12H,1-7,10,18H2,(H,21,22). The van der Waals surface area contributed by atoms with Crippen LogP contribution >= 0.6 is 0 Å². The van der Waals surface area contributed by atoms with E-state index in [1.54, 1.807) is 6.07 Å². The minimum absolute atomic E-state index is 0.0520. The summed E-state index contributed by atoms with van der Waals surface area (Å²) in [6, 6.07) is 4.31. The highest BCUT2D eigenvalue weighted by molar-refractivity contribution is 5.99. The first kappa shape index (κ1) is 18.9. The molecule has 25 heavy (non-hydrogen) atoms. The molecule has 1 aliphatic rings. The van der Waals surface area contributed by atoms with Gasteiger partial charge in [0, 0.05) is 30.5 Å². The minimum atomic E-state index is -0.948. The second-order valence-corrected chi connectivity index (χ2v) is 6.35. The molecular weight excluding hydrogens is 326 g/mol. The van der Waals surface area contributed by atoms with Gasteiger partial charge in [-0.1, -0.05) is 19.3 Å². The number of nitro groups is 1. The van der Waals surface area contributed by atoms with Crippen LogP contribution in [0, 0.1) is 16.0 Å². The molecule has 0 heterocycles. The second-order valence-electron chi connectivity index (χ2n) is 6.35. The zero-order valence-electron chi connectivity index (χ0n) is 14.0. The molecule has 0 aromatic heterocycles. The van der Waals surface area contributed by atoms with Gasteiger partial charge in [-0.25, -0.2) is 5.84 Å². The molecule has 8 nitrogen and oxygen atoms in total. The molecule has 1 saturated carbocycles. The second kappa shape index (κ2) is 8.57. The van der Waals surface area contributed by atoms with E-state index in [9.17, 15) is 19.7 Å². The van der Waals surface area contributed by atoms with E-state index in [1.165, 1.54) is 12.1 Å². The van der Waals surface area contributed by atoms with E-state index in [4.69, 9.17) is 10.9 Å². The summed E-state index contributed by atoms with van der Waals surface area (Å²) in [4.78, 5) is 33.9. The maximum absolute atomic E-state index is 12.6. The van der Waals surface area contributed by atoms with Gasteiger partial charge in [0.2, 0.25) is 0 Å².